The van der Waals surface area contributed by atoms with Crippen LogP contribution in [0.4, 0.5) is 0 Å². The quantitative estimate of drug-likeness (QED) is 0.746. The maximum Gasteiger partial charge on any atom is 0.163 e. The molecular weight excluding hydrogens is 254 g/mol. The van der Waals surface area contributed by atoms with Crippen LogP contribution in [0, 0.1) is 37.0 Å². The summed E-state index contributed by atoms with van der Waals surface area (Å²) in [5.74, 6) is 7.89. The minimum atomic E-state index is -0.893. The first-order valence-electron chi connectivity index (χ1n) is 5.83. The van der Waals surface area contributed by atoms with E-state index in [9.17, 15) is 5.11 Å². The number of ether oxygens (including phenoxy) is 2. The zero-order valence-electron chi connectivity index (χ0n) is 10.9. The van der Waals surface area contributed by atoms with Gasteiger partial charge in [0.05, 0.1) is 6.10 Å². The van der Waals surface area contributed by atoms with Gasteiger partial charge in [-0.15, -0.1) is 19.3 Å². The number of rotatable bonds is 6. The van der Waals surface area contributed by atoms with Gasteiger partial charge in [0.2, 0.25) is 0 Å². The van der Waals surface area contributed by atoms with E-state index in [1.807, 2.05) is 0 Å². The van der Waals surface area contributed by atoms with Gasteiger partial charge in [0.15, 0.2) is 11.5 Å². The third kappa shape index (κ3) is 3.70. The van der Waals surface area contributed by atoms with Gasteiger partial charge in [-0.05, 0) is 6.07 Å². The average Bonchev–Trinajstić information content (AvgIpc) is 2.49. The second-order valence-electron chi connectivity index (χ2n) is 3.77. The Labute approximate surface area is 118 Å². The molecule has 0 bridgehead atoms. The van der Waals surface area contributed by atoms with Crippen molar-refractivity contribution in [3.05, 3.63) is 23.3 Å². The lowest BCUT2D eigenvalue weighted by atomic mass is 10.0. The van der Waals surface area contributed by atoms with Gasteiger partial charge in [-0.1, -0.05) is 17.8 Å². The minimum absolute atomic E-state index is 0.0355. The van der Waals surface area contributed by atoms with Crippen LogP contribution in [0.15, 0.2) is 12.1 Å². The Hall–Kier alpha value is -2.58. The number of nitrogens with two attached hydrogens (primary N) is 1. The summed E-state index contributed by atoms with van der Waals surface area (Å²) in [7, 11) is 0. The van der Waals surface area contributed by atoms with Crippen molar-refractivity contribution in [1.29, 1.82) is 0 Å². The molecule has 0 aliphatic heterocycles. The van der Waals surface area contributed by atoms with Crippen molar-refractivity contribution in [1.82, 2.24) is 0 Å². The fourth-order valence-corrected chi connectivity index (χ4v) is 1.57. The zero-order chi connectivity index (χ0) is 15.0. The summed E-state index contributed by atoms with van der Waals surface area (Å²) in [6.45, 7) is 0.156. The highest BCUT2D eigenvalue weighted by molar-refractivity contribution is 5.53. The molecule has 0 saturated heterocycles. The summed E-state index contributed by atoms with van der Waals surface area (Å²) in [5.41, 5.74) is 6.39. The molecule has 4 nitrogen and oxygen atoms in total. The minimum Gasteiger partial charge on any atom is -0.477 e. The molecule has 0 saturated carbocycles. The Kier molecular flexibility index (Phi) is 6.01. The lowest BCUT2D eigenvalue weighted by Crippen LogP contribution is -2.13. The topological polar surface area (TPSA) is 64.7 Å². The van der Waals surface area contributed by atoms with Gasteiger partial charge in [-0.2, -0.15) is 0 Å². The Morgan fingerprint density at radius 3 is 2.10 bits per heavy atom. The molecule has 0 aliphatic rings. The standard InChI is InChI=1S/C16H15NO3/c1-4-7-19-15-9-12(6-3)13(14(18)11-17)10-16(15)20-8-5-2/h1-3,9-10,14,18H,7-8,11,17H2. The molecule has 4 heteroatoms. The van der Waals surface area contributed by atoms with Gasteiger partial charge in [0.1, 0.15) is 13.2 Å². The van der Waals surface area contributed by atoms with Crippen LogP contribution in [-0.2, 0) is 0 Å². The van der Waals surface area contributed by atoms with E-state index >= 15 is 0 Å². The number of terminal acetylenes is 3. The Bertz CT molecular complexity index is 587. The van der Waals surface area contributed by atoms with Crippen molar-refractivity contribution in [3.8, 4) is 48.5 Å². The Balaban J connectivity index is 3.26. The molecule has 1 atom stereocenters. The maximum atomic E-state index is 9.87. The Morgan fingerprint density at radius 1 is 1.10 bits per heavy atom. The number of aliphatic hydroxyl groups is 1. The molecule has 102 valence electrons. The molecule has 0 aromatic heterocycles. The first-order valence-corrected chi connectivity index (χ1v) is 5.83. The van der Waals surface area contributed by atoms with E-state index in [0.29, 0.717) is 22.6 Å². The van der Waals surface area contributed by atoms with E-state index in [-0.39, 0.29) is 19.8 Å². The lowest BCUT2D eigenvalue weighted by Gasteiger charge is -2.16. The van der Waals surface area contributed by atoms with Crippen LogP contribution >= 0.6 is 0 Å². The second-order valence-corrected chi connectivity index (χ2v) is 3.77. The van der Waals surface area contributed by atoms with Gasteiger partial charge in [0.25, 0.3) is 0 Å². The van der Waals surface area contributed by atoms with Gasteiger partial charge in [-0.25, -0.2) is 0 Å². The summed E-state index contributed by atoms with van der Waals surface area (Å²) in [5, 5.41) is 9.87. The predicted octanol–water partition coefficient (Wildman–Crippen LogP) is 0.684. The molecule has 0 aliphatic carbocycles. The van der Waals surface area contributed by atoms with Gasteiger partial charge < -0.3 is 20.3 Å². The molecule has 1 aromatic rings. The van der Waals surface area contributed by atoms with Crippen molar-refractivity contribution < 1.29 is 14.6 Å². The smallest absolute Gasteiger partial charge is 0.163 e. The zero-order valence-corrected chi connectivity index (χ0v) is 10.9. The van der Waals surface area contributed by atoms with Gasteiger partial charge in [-0.3, -0.25) is 0 Å². The summed E-state index contributed by atoms with van der Waals surface area (Å²) >= 11 is 0. The van der Waals surface area contributed by atoms with E-state index in [0.717, 1.165) is 0 Å². The molecule has 0 radical (unpaired) electrons. The van der Waals surface area contributed by atoms with Crippen molar-refractivity contribution in [2.75, 3.05) is 19.8 Å². The van der Waals surface area contributed by atoms with Crippen LogP contribution in [0.5, 0.6) is 11.5 Å². The highest BCUT2D eigenvalue weighted by Crippen LogP contribution is 2.33. The number of hydrogen-bond donors (Lipinski definition) is 2. The van der Waals surface area contributed by atoms with E-state index < -0.39 is 6.10 Å². The van der Waals surface area contributed by atoms with Crippen molar-refractivity contribution >= 4 is 0 Å². The summed E-state index contributed by atoms with van der Waals surface area (Å²) in [4.78, 5) is 0. The van der Waals surface area contributed by atoms with Crippen LogP contribution in [0.25, 0.3) is 0 Å². The Morgan fingerprint density at radius 2 is 1.65 bits per heavy atom. The fraction of sp³-hybridized carbons (Fsp3) is 0.250. The second kappa shape index (κ2) is 7.77. The maximum absolute atomic E-state index is 9.87. The van der Waals surface area contributed by atoms with Crippen LogP contribution in [0.1, 0.15) is 17.2 Å². The highest BCUT2D eigenvalue weighted by atomic mass is 16.5. The lowest BCUT2D eigenvalue weighted by molar-refractivity contribution is 0.185. The van der Waals surface area contributed by atoms with Crippen molar-refractivity contribution in [2.24, 2.45) is 5.73 Å². The molecule has 1 rings (SSSR count). The largest absolute Gasteiger partial charge is 0.477 e. The SMILES string of the molecule is C#CCOc1cc(C#C)c(C(O)CN)cc1OCC#C. The van der Waals surface area contributed by atoms with E-state index in [1.54, 1.807) is 12.1 Å². The first kappa shape index (κ1) is 15.5. The fourth-order valence-electron chi connectivity index (χ4n) is 1.57. The molecule has 0 spiro atoms. The summed E-state index contributed by atoms with van der Waals surface area (Å²) in [6, 6.07) is 3.13. The molecule has 0 heterocycles. The van der Waals surface area contributed by atoms with Crippen LogP contribution in [0.2, 0.25) is 0 Å². The molecule has 1 aromatic carbocycles. The number of aliphatic hydroxyl groups excluding tert-OH is 1. The summed E-state index contributed by atoms with van der Waals surface area (Å²) < 4.78 is 10.7. The molecule has 0 amide bonds. The number of benzene rings is 1. The van der Waals surface area contributed by atoms with Crippen LogP contribution in [-0.4, -0.2) is 24.9 Å². The van der Waals surface area contributed by atoms with Crippen molar-refractivity contribution in [2.45, 2.75) is 6.10 Å². The van der Waals surface area contributed by atoms with Crippen LogP contribution in [0.3, 0.4) is 0 Å². The third-order valence-corrected chi connectivity index (χ3v) is 2.48. The molecule has 1 unspecified atom stereocenters. The first-order chi connectivity index (χ1) is 9.67. The van der Waals surface area contributed by atoms with Gasteiger partial charge in [0, 0.05) is 23.7 Å². The molecule has 20 heavy (non-hydrogen) atoms. The molecule has 0 fully saturated rings. The number of hydrogen-bond acceptors (Lipinski definition) is 4. The monoisotopic (exact) mass is 269 g/mol. The molecule has 3 N–H and O–H groups in total. The van der Waals surface area contributed by atoms with E-state index in [4.69, 9.17) is 34.5 Å². The average molecular weight is 269 g/mol. The molecular formula is C16H15NO3. The van der Waals surface area contributed by atoms with Gasteiger partial charge >= 0.3 is 0 Å². The summed E-state index contributed by atoms with van der Waals surface area (Å²) in [6.07, 6.45) is 14.8. The van der Waals surface area contributed by atoms with E-state index in [2.05, 4.69) is 17.8 Å². The van der Waals surface area contributed by atoms with Crippen LogP contribution < -0.4 is 15.2 Å². The highest BCUT2D eigenvalue weighted by Gasteiger charge is 2.16. The predicted molar refractivity (Wildman–Crippen MR) is 77.0 cm³/mol. The third-order valence-electron chi connectivity index (χ3n) is 2.48. The van der Waals surface area contributed by atoms with E-state index in [1.165, 1.54) is 0 Å². The van der Waals surface area contributed by atoms with Crippen molar-refractivity contribution in [3.63, 3.8) is 0 Å². The normalized spacial score (nSPS) is 10.8.